The van der Waals surface area contributed by atoms with Gasteiger partial charge in [0.15, 0.2) is 0 Å². The Hall–Kier alpha value is -3.36. The second kappa shape index (κ2) is 14.1. The summed E-state index contributed by atoms with van der Waals surface area (Å²) in [5, 5.41) is 14.7. The van der Waals surface area contributed by atoms with Crippen LogP contribution in [0.25, 0.3) is 0 Å². The highest BCUT2D eigenvalue weighted by atomic mass is 35.5. The van der Waals surface area contributed by atoms with Crippen LogP contribution in [-0.2, 0) is 28.3 Å². The summed E-state index contributed by atoms with van der Waals surface area (Å²) in [5.41, 5.74) is 2.75. The van der Waals surface area contributed by atoms with Gasteiger partial charge in [-0.1, -0.05) is 79.0 Å². The van der Waals surface area contributed by atoms with Gasteiger partial charge in [-0.15, -0.1) is 11.8 Å². The zero-order chi connectivity index (χ0) is 27.6. The molecule has 7 nitrogen and oxygen atoms in total. The second-order valence-corrected chi connectivity index (χ2v) is 11.2. The highest BCUT2D eigenvalue weighted by Crippen LogP contribution is 2.23. The molecule has 3 aromatic carbocycles. The number of thioether (sulfide) groups is 1. The van der Waals surface area contributed by atoms with Crippen molar-refractivity contribution in [2.24, 2.45) is 0 Å². The molecule has 1 aliphatic rings. The van der Waals surface area contributed by atoms with E-state index >= 15 is 0 Å². The molecule has 1 aliphatic carbocycles. The van der Waals surface area contributed by atoms with E-state index in [4.69, 9.17) is 11.6 Å². The van der Waals surface area contributed by atoms with Gasteiger partial charge in [0.05, 0.1) is 10.7 Å². The number of non-ortho nitro benzene ring substituents is 1. The summed E-state index contributed by atoms with van der Waals surface area (Å²) in [4.78, 5) is 39.6. The lowest BCUT2D eigenvalue weighted by Crippen LogP contribution is -2.52. The van der Waals surface area contributed by atoms with Crippen LogP contribution in [0.1, 0.15) is 42.4 Å². The van der Waals surface area contributed by atoms with Gasteiger partial charge in [0.1, 0.15) is 6.04 Å². The summed E-state index contributed by atoms with van der Waals surface area (Å²) in [6.45, 7) is 0.257. The van der Waals surface area contributed by atoms with Crippen molar-refractivity contribution in [3.8, 4) is 0 Å². The van der Waals surface area contributed by atoms with Gasteiger partial charge in [0, 0.05) is 41.9 Å². The largest absolute Gasteiger partial charge is 0.352 e. The molecule has 1 fully saturated rings. The first-order chi connectivity index (χ1) is 18.9. The number of nitrogens with one attached hydrogen (secondary N) is 1. The zero-order valence-electron chi connectivity index (χ0n) is 21.6. The smallest absolute Gasteiger partial charge is 0.269 e. The van der Waals surface area contributed by atoms with E-state index in [1.165, 1.54) is 23.9 Å². The standard InChI is InChI=1S/C30H32ClN3O4S/c31-25-10-6-9-24(17-25)19-33(29(35)21-39-20-23-13-15-27(16-14-23)34(37)38)28(18-22-7-2-1-3-8-22)30(36)32-26-11-4-5-12-26/h1-3,6-10,13-17,26,28H,4-5,11-12,18-21H2,(H,32,36). The van der Waals surface area contributed by atoms with Gasteiger partial charge in [-0.25, -0.2) is 0 Å². The summed E-state index contributed by atoms with van der Waals surface area (Å²) in [6, 6.07) is 22.9. The third kappa shape index (κ3) is 8.57. The Balaban J connectivity index is 1.54. The Morgan fingerprint density at radius 3 is 2.33 bits per heavy atom. The molecule has 0 radical (unpaired) electrons. The molecule has 0 spiro atoms. The van der Waals surface area contributed by atoms with Gasteiger partial charge in [0.2, 0.25) is 11.8 Å². The van der Waals surface area contributed by atoms with Crippen LogP contribution >= 0.6 is 23.4 Å². The second-order valence-electron chi connectivity index (χ2n) is 9.76. The van der Waals surface area contributed by atoms with E-state index in [-0.39, 0.29) is 35.8 Å². The lowest BCUT2D eigenvalue weighted by Gasteiger charge is -2.32. The Morgan fingerprint density at radius 1 is 0.974 bits per heavy atom. The molecule has 204 valence electrons. The number of amides is 2. The third-order valence-corrected chi connectivity index (χ3v) is 8.08. The number of nitro benzene ring substituents is 1. The van der Waals surface area contributed by atoms with Crippen LogP contribution in [-0.4, -0.2) is 39.5 Å². The van der Waals surface area contributed by atoms with E-state index in [0.29, 0.717) is 17.2 Å². The maximum absolute atomic E-state index is 13.7. The number of hydrogen-bond donors (Lipinski definition) is 1. The van der Waals surface area contributed by atoms with Gasteiger partial charge >= 0.3 is 0 Å². The van der Waals surface area contributed by atoms with E-state index in [0.717, 1.165) is 42.4 Å². The van der Waals surface area contributed by atoms with Crippen LogP contribution in [0.4, 0.5) is 5.69 Å². The van der Waals surface area contributed by atoms with E-state index < -0.39 is 11.0 Å². The molecule has 0 aliphatic heterocycles. The van der Waals surface area contributed by atoms with Crippen LogP contribution in [0.5, 0.6) is 0 Å². The van der Waals surface area contributed by atoms with Crippen LogP contribution in [0.3, 0.4) is 0 Å². The Kier molecular flexibility index (Phi) is 10.4. The zero-order valence-corrected chi connectivity index (χ0v) is 23.2. The summed E-state index contributed by atoms with van der Waals surface area (Å²) in [5.74, 6) is 0.400. The van der Waals surface area contributed by atoms with Crippen LogP contribution in [0, 0.1) is 10.1 Å². The van der Waals surface area contributed by atoms with Crippen molar-refractivity contribution in [3.05, 3.63) is 111 Å². The van der Waals surface area contributed by atoms with Crippen molar-refractivity contribution in [2.45, 2.75) is 56.5 Å². The van der Waals surface area contributed by atoms with Crippen LogP contribution < -0.4 is 5.32 Å². The molecule has 39 heavy (non-hydrogen) atoms. The Bertz CT molecular complexity index is 1270. The van der Waals surface area contributed by atoms with Crippen molar-refractivity contribution < 1.29 is 14.5 Å². The van der Waals surface area contributed by atoms with Gasteiger partial charge in [-0.2, -0.15) is 0 Å². The fourth-order valence-corrected chi connectivity index (χ4v) is 5.89. The predicted molar refractivity (Wildman–Crippen MR) is 156 cm³/mol. The summed E-state index contributed by atoms with van der Waals surface area (Å²) < 4.78 is 0. The molecule has 2 amide bonds. The molecule has 4 rings (SSSR count). The summed E-state index contributed by atoms with van der Waals surface area (Å²) in [6.07, 6.45) is 4.50. The SMILES string of the molecule is O=C(NC1CCCC1)C(Cc1ccccc1)N(Cc1cccc(Cl)c1)C(=O)CSCc1ccc([N+](=O)[O-])cc1. The first-order valence-electron chi connectivity index (χ1n) is 13.1. The fourth-order valence-electron chi connectivity index (χ4n) is 4.81. The number of carbonyl (C=O) groups is 2. The van der Waals surface area contributed by atoms with Crippen molar-refractivity contribution in [3.63, 3.8) is 0 Å². The predicted octanol–water partition coefficient (Wildman–Crippen LogP) is 6.18. The number of rotatable bonds is 12. The minimum absolute atomic E-state index is 0.0320. The first kappa shape index (κ1) is 28.6. The monoisotopic (exact) mass is 565 g/mol. The van der Waals surface area contributed by atoms with Gasteiger partial charge in [-0.05, 0) is 41.7 Å². The highest BCUT2D eigenvalue weighted by Gasteiger charge is 2.32. The maximum atomic E-state index is 13.7. The molecule has 1 saturated carbocycles. The average molecular weight is 566 g/mol. The quantitative estimate of drug-likeness (QED) is 0.209. The molecule has 1 N–H and O–H groups in total. The molecule has 1 atom stereocenters. The van der Waals surface area contributed by atoms with Crippen molar-refractivity contribution in [1.82, 2.24) is 10.2 Å². The minimum atomic E-state index is -0.681. The molecule has 0 aromatic heterocycles. The van der Waals surface area contributed by atoms with E-state index in [9.17, 15) is 19.7 Å². The Morgan fingerprint density at radius 2 is 1.67 bits per heavy atom. The number of benzene rings is 3. The molecular weight excluding hydrogens is 534 g/mol. The van der Waals surface area contributed by atoms with Crippen molar-refractivity contribution in [2.75, 3.05) is 5.75 Å². The number of hydrogen-bond acceptors (Lipinski definition) is 5. The normalized spacial score (nSPS) is 14.1. The van der Waals surface area contributed by atoms with Gasteiger partial charge in [-0.3, -0.25) is 19.7 Å². The molecular formula is C30H32ClN3O4S. The minimum Gasteiger partial charge on any atom is -0.352 e. The first-order valence-corrected chi connectivity index (χ1v) is 14.6. The van der Waals surface area contributed by atoms with Crippen LogP contribution in [0.2, 0.25) is 5.02 Å². The van der Waals surface area contributed by atoms with Crippen LogP contribution in [0.15, 0.2) is 78.9 Å². The van der Waals surface area contributed by atoms with E-state index in [1.807, 2.05) is 48.5 Å². The fraction of sp³-hybridized carbons (Fsp3) is 0.333. The Labute approximate surface area is 238 Å². The summed E-state index contributed by atoms with van der Waals surface area (Å²) >= 11 is 7.67. The third-order valence-electron chi connectivity index (χ3n) is 6.86. The summed E-state index contributed by atoms with van der Waals surface area (Å²) in [7, 11) is 0. The molecule has 0 saturated heterocycles. The topological polar surface area (TPSA) is 92.6 Å². The van der Waals surface area contributed by atoms with Crippen molar-refractivity contribution >= 4 is 40.9 Å². The lowest BCUT2D eigenvalue weighted by molar-refractivity contribution is -0.384. The van der Waals surface area contributed by atoms with Crippen molar-refractivity contribution in [1.29, 1.82) is 0 Å². The maximum Gasteiger partial charge on any atom is 0.269 e. The molecule has 9 heteroatoms. The lowest BCUT2D eigenvalue weighted by atomic mass is 10.0. The number of nitro groups is 1. The molecule has 0 heterocycles. The highest BCUT2D eigenvalue weighted by molar-refractivity contribution is 7.99. The number of nitrogens with zero attached hydrogens (tertiary/aromatic N) is 2. The average Bonchev–Trinajstić information content (AvgIpc) is 3.44. The molecule has 0 bridgehead atoms. The van der Waals surface area contributed by atoms with E-state index in [1.54, 1.807) is 23.1 Å². The van der Waals surface area contributed by atoms with Gasteiger partial charge < -0.3 is 10.2 Å². The molecule has 1 unspecified atom stereocenters. The number of halogens is 1. The van der Waals surface area contributed by atoms with Gasteiger partial charge in [0.25, 0.3) is 5.69 Å². The van der Waals surface area contributed by atoms with E-state index in [2.05, 4.69) is 5.32 Å². The molecule has 3 aromatic rings. The number of carbonyl (C=O) groups excluding carboxylic acids is 2.